The lowest BCUT2D eigenvalue weighted by Crippen LogP contribution is -2.49. The van der Waals surface area contributed by atoms with E-state index in [0.29, 0.717) is 19.4 Å². The van der Waals surface area contributed by atoms with Gasteiger partial charge in [0.1, 0.15) is 6.04 Å². The number of aliphatic hydroxyl groups excluding tert-OH is 1. The number of carboxylic acids is 1. The number of hydrogen-bond acceptors (Lipinski definition) is 3. The molecule has 2 atom stereocenters. The van der Waals surface area contributed by atoms with Crippen molar-refractivity contribution in [3.05, 3.63) is 0 Å². The Morgan fingerprint density at radius 2 is 2.22 bits per heavy atom. The van der Waals surface area contributed by atoms with Gasteiger partial charge < -0.3 is 20.4 Å². The molecule has 1 aliphatic rings. The number of rotatable bonds is 6. The number of aliphatic hydroxyl groups is 1. The third-order valence-corrected chi connectivity index (χ3v) is 3.34. The number of carbonyl (C=O) groups is 2. The fraction of sp³-hybridized carbons (Fsp3) is 0.833. The maximum Gasteiger partial charge on any atom is 0.326 e. The summed E-state index contributed by atoms with van der Waals surface area (Å²) >= 11 is 0. The number of carboxylic acid groups (broad SMARTS) is 1. The van der Waals surface area contributed by atoms with E-state index in [0.717, 1.165) is 19.3 Å². The van der Waals surface area contributed by atoms with Crippen molar-refractivity contribution in [3.63, 3.8) is 0 Å². The first-order valence-electron chi connectivity index (χ1n) is 6.51. The number of likely N-dealkylation sites (tertiary alicyclic amines) is 1. The van der Waals surface area contributed by atoms with Crippen LogP contribution in [0.25, 0.3) is 0 Å². The molecule has 18 heavy (non-hydrogen) atoms. The highest BCUT2D eigenvalue weighted by Crippen LogP contribution is 2.21. The first-order chi connectivity index (χ1) is 8.60. The minimum absolute atomic E-state index is 0.124. The van der Waals surface area contributed by atoms with Gasteiger partial charge in [-0.25, -0.2) is 9.59 Å². The van der Waals surface area contributed by atoms with Crippen LogP contribution in [0.4, 0.5) is 4.79 Å². The topological polar surface area (TPSA) is 89.9 Å². The van der Waals surface area contributed by atoms with Gasteiger partial charge in [-0.05, 0) is 32.1 Å². The summed E-state index contributed by atoms with van der Waals surface area (Å²) in [5, 5.41) is 20.3. The predicted octanol–water partition coefficient (Wildman–Crippen LogP) is 0.796. The molecule has 2 amide bonds. The van der Waals surface area contributed by atoms with Crippen LogP contribution in [0.3, 0.4) is 0 Å². The summed E-state index contributed by atoms with van der Waals surface area (Å²) in [6.07, 6.45) is 3.68. The van der Waals surface area contributed by atoms with Crippen LogP contribution in [-0.4, -0.2) is 52.3 Å². The fourth-order valence-electron chi connectivity index (χ4n) is 2.30. The van der Waals surface area contributed by atoms with Crippen molar-refractivity contribution < 1.29 is 19.8 Å². The van der Waals surface area contributed by atoms with Gasteiger partial charge in [0.2, 0.25) is 0 Å². The van der Waals surface area contributed by atoms with Gasteiger partial charge in [-0.1, -0.05) is 6.92 Å². The van der Waals surface area contributed by atoms with E-state index < -0.39 is 12.0 Å². The molecule has 3 N–H and O–H groups in total. The minimum Gasteiger partial charge on any atom is -0.480 e. The van der Waals surface area contributed by atoms with E-state index in [1.807, 2.05) is 0 Å². The SMILES string of the molecule is CC[C@H](NC(=O)N1CCCC1CCCO)C(=O)O. The monoisotopic (exact) mass is 258 g/mol. The van der Waals surface area contributed by atoms with Crippen LogP contribution in [0.15, 0.2) is 0 Å². The molecule has 1 heterocycles. The lowest BCUT2D eigenvalue weighted by atomic mass is 10.1. The highest BCUT2D eigenvalue weighted by atomic mass is 16.4. The van der Waals surface area contributed by atoms with Gasteiger partial charge in [0.25, 0.3) is 0 Å². The lowest BCUT2D eigenvalue weighted by Gasteiger charge is -2.26. The number of urea groups is 1. The second kappa shape index (κ2) is 7.20. The second-order valence-electron chi connectivity index (χ2n) is 4.60. The predicted molar refractivity (Wildman–Crippen MR) is 66.3 cm³/mol. The maximum atomic E-state index is 12.0. The molecule has 0 aromatic rings. The Morgan fingerprint density at radius 3 is 2.78 bits per heavy atom. The van der Waals surface area contributed by atoms with Crippen molar-refractivity contribution in [2.75, 3.05) is 13.2 Å². The van der Waals surface area contributed by atoms with Gasteiger partial charge in [0, 0.05) is 19.2 Å². The number of amides is 2. The van der Waals surface area contributed by atoms with Crippen molar-refractivity contribution in [3.8, 4) is 0 Å². The van der Waals surface area contributed by atoms with Crippen LogP contribution in [-0.2, 0) is 4.79 Å². The summed E-state index contributed by atoms with van der Waals surface area (Å²) in [6.45, 7) is 2.52. The summed E-state index contributed by atoms with van der Waals surface area (Å²) in [4.78, 5) is 24.5. The van der Waals surface area contributed by atoms with Crippen LogP contribution in [0.1, 0.15) is 39.0 Å². The standard InChI is InChI=1S/C12H22N2O4/c1-2-10(11(16)17)13-12(18)14-7-3-5-9(14)6-4-8-15/h9-10,15H,2-8H2,1H3,(H,13,18)(H,16,17)/t9?,10-/m0/s1. The van der Waals surface area contributed by atoms with Gasteiger partial charge >= 0.3 is 12.0 Å². The van der Waals surface area contributed by atoms with E-state index in [2.05, 4.69) is 5.32 Å². The molecule has 0 spiro atoms. The van der Waals surface area contributed by atoms with Crippen LogP contribution < -0.4 is 5.32 Å². The maximum absolute atomic E-state index is 12.0. The van der Waals surface area contributed by atoms with E-state index in [1.54, 1.807) is 11.8 Å². The molecular formula is C12H22N2O4. The molecule has 6 nitrogen and oxygen atoms in total. The number of hydrogen-bond donors (Lipinski definition) is 3. The number of carbonyl (C=O) groups excluding carboxylic acids is 1. The Bertz CT molecular complexity index is 296. The average molecular weight is 258 g/mol. The molecule has 6 heteroatoms. The van der Waals surface area contributed by atoms with Gasteiger partial charge in [-0.3, -0.25) is 0 Å². The first-order valence-corrected chi connectivity index (χ1v) is 6.51. The summed E-state index contributed by atoms with van der Waals surface area (Å²) in [6, 6.07) is -0.996. The zero-order chi connectivity index (χ0) is 13.5. The molecule has 0 radical (unpaired) electrons. The number of aliphatic carboxylic acids is 1. The number of nitrogens with zero attached hydrogens (tertiary/aromatic N) is 1. The van der Waals surface area contributed by atoms with Crippen molar-refractivity contribution in [1.29, 1.82) is 0 Å². The molecule has 0 aromatic heterocycles. The number of nitrogens with one attached hydrogen (secondary N) is 1. The third kappa shape index (κ3) is 3.87. The zero-order valence-corrected chi connectivity index (χ0v) is 10.8. The minimum atomic E-state index is -1.00. The highest BCUT2D eigenvalue weighted by molar-refractivity contribution is 5.82. The zero-order valence-electron chi connectivity index (χ0n) is 10.8. The quantitative estimate of drug-likeness (QED) is 0.657. The van der Waals surface area contributed by atoms with Crippen molar-refractivity contribution in [2.24, 2.45) is 0 Å². The average Bonchev–Trinajstić information content (AvgIpc) is 2.80. The highest BCUT2D eigenvalue weighted by Gasteiger charge is 2.30. The van der Waals surface area contributed by atoms with Crippen LogP contribution in [0.5, 0.6) is 0 Å². The molecule has 1 rings (SSSR count). The van der Waals surface area contributed by atoms with Crippen molar-refractivity contribution >= 4 is 12.0 Å². The molecule has 1 unspecified atom stereocenters. The first kappa shape index (κ1) is 14.8. The summed E-state index contributed by atoms with van der Waals surface area (Å²) in [5.74, 6) is -1.00. The van der Waals surface area contributed by atoms with Crippen LogP contribution >= 0.6 is 0 Å². The Morgan fingerprint density at radius 1 is 1.50 bits per heavy atom. The van der Waals surface area contributed by atoms with Crippen molar-refractivity contribution in [2.45, 2.75) is 51.1 Å². The van der Waals surface area contributed by atoms with E-state index in [1.165, 1.54) is 0 Å². The summed E-state index contributed by atoms with van der Waals surface area (Å²) in [7, 11) is 0. The second-order valence-corrected chi connectivity index (χ2v) is 4.60. The van der Waals surface area contributed by atoms with Gasteiger partial charge in [0.05, 0.1) is 0 Å². The van der Waals surface area contributed by atoms with E-state index in [-0.39, 0.29) is 18.7 Å². The molecule has 0 saturated carbocycles. The van der Waals surface area contributed by atoms with Gasteiger partial charge in [-0.2, -0.15) is 0 Å². The lowest BCUT2D eigenvalue weighted by molar-refractivity contribution is -0.139. The molecule has 1 aliphatic heterocycles. The fourth-order valence-corrected chi connectivity index (χ4v) is 2.30. The Balaban J connectivity index is 2.51. The van der Waals surface area contributed by atoms with Crippen LogP contribution in [0.2, 0.25) is 0 Å². The molecule has 0 bridgehead atoms. The van der Waals surface area contributed by atoms with E-state index in [4.69, 9.17) is 10.2 Å². The summed E-state index contributed by atoms with van der Waals surface area (Å²) < 4.78 is 0. The normalized spacial score (nSPS) is 20.8. The Labute approximate surface area is 107 Å². The molecule has 1 saturated heterocycles. The van der Waals surface area contributed by atoms with E-state index in [9.17, 15) is 9.59 Å². The Kier molecular flexibility index (Phi) is 5.91. The Hall–Kier alpha value is -1.30. The molecule has 0 aromatic carbocycles. The van der Waals surface area contributed by atoms with Crippen LogP contribution in [0, 0.1) is 0 Å². The molecular weight excluding hydrogens is 236 g/mol. The molecule has 1 fully saturated rings. The molecule has 0 aliphatic carbocycles. The van der Waals surface area contributed by atoms with Crippen molar-refractivity contribution in [1.82, 2.24) is 10.2 Å². The largest absolute Gasteiger partial charge is 0.480 e. The van der Waals surface area contributed by atoms with E-state index >= 15 is 0 Å². The third-order valence-electron chi connectivity index (χ3n) is 3.34. The smallest absolute Gasteiger partial charge is 0.326 e. The summed E-state index contributed by atoms with van der Waals surface area (Å²) in [5.41, 5.74) is 0. The van der Waals surface area contributed by atoms with Gasteiger partial charge in [0.15, 0.2) is 0 Å². The molecule has 104 valence electrons. The van der Waals surface area contributed by atoms with Gasteiger partial charge in [-0.15, -0.1) is 0 Å².